The van der Waals surface area contributed by atoms with Gasteiger partial charge in [0, 0.05) is 12.1 Å². The first-order valence-electron chi connectivity index (χ1n) is 8.90. The Morgan fingerprint density at radius 1 is 0.842 bits per heavy atom. The van der Waals surface area contributed by atoms with Crippen LogP contribution in [0.1, 0.15) is 70.6 Å². The molecule has 1 heterocycles. The van der Waals surface area contributed by atoms with Crippen molar-refractivity contribution in [2.24, 2.45) is 11.8 Å². The Morgan fingerprint density at radius 3 is 2.47 bits per heavy atom. The zero-order chi connectivity index (χ0) is 12.9. The van der Waals surface area contributed by atoms with Crippen molar-refractivity contribution in [3.63, 3.8) is 0 Å². The first-order chi connectivity index (χ1) is 9.43. The first kappa shape index (κ1) is 13.9. The van der Waals surface area contributed by atoms with Crippen molar-refractivity contribution in [2.45, 2.75) is 82.7 Å². The van der Waals surface area contributed by atoms with E-state index in [1.807, 2.05) is 0 Å². The Kier molecular flexibility index (Phi) is 5.17. The van der Waals surface area contributed by atoms with E-state index in [-0.39, 0.29) is 0 Å². The third-order valence-corrected chi connectivity index (χ3v) is 5.87. The molecule has 2 N–H and O–H groups in total. The summed E-state index contributed by atoms with van der Waals surface area (Å²) >= 11 is 0. The van der Waals surface area contributed by atoms with Crippen LogP contribution < -0.4 is 10.6 Å². The van der Waals surface area contributed by atoms with Crippen molar-refractivity contribution in [3.05, 3.63) is 0 Å². The van der Waals surface area contributed by atoms with Crippen LogP contribution in [0.15, 0.2) is 0 Å². The molecule has 2 aliphatic carbocycles. The van der Waals surface area contributed by atoms with E-state index in [9.17, 15) is 0 Å². The van der Waals surface area contributed by atoms with Crippen molar-refractivity contribution in [2.75, 3.05) is 13.1 Å². The van der Waals surface area contributed by atoms with Gasteiger partial charge < -0.3 is 10.6 Å². The van der Waals surface area contributed by atoms with Crippen LogP contribution in [0, 0.1) is 11.8 Å². The number of hydrogen-bond acceptors (Lipinski definition) is 2. The molecule has 3 unspecified atom stereocenters. The van der Waals surface area contributed by atoms with Gasteiger partial charge in [0.1, 0.15) is 0 Å². The van der Waals surface area contributed by atoms with Gasteiger partial charge in [-0.2, -0.15) is 0 Å². The molecule has 0 aromatic heterocycles. The lowest BCUT2D eigenvalue weighted by atomic mass is 9.88. The van der Waals surface area contributed by atoms with E-state index in [1.54, 1.807) is 0 Å². The molecule has 2 nitrogen and oxygen atoms in total. The highest BCUT2D eigenvalue weighted by Gasteiger charge is 2.33. The fourth-order valence-electron chi connectivity index (χ4n) is 4.74. The van der Waals surface area contributed by atoms with Crippen molar-refractivity contribution in [1.82, 2.24) is 10.6 Å². The second kappa shape index (κ2) is 7.08. The Hall–Kier alpha value is -0.0800. The highest BCUT2D eigenvalue weighted by atomic mass is 15.0. The molecule has 0 radical (unpaired) electrons. The summed E-state index contributed by atoms with van der Waals surface area (Å²) in [5.74, 6) is 1.96. The van der Waals surface area contributed by atoms with E-state index in [0.29, 0.717) is 0 Å². The summed E-state index contributed by atoms with van der Waals surface area (Å²) in [4.78, 5) is 0. The third kappa shape index (κ3) is 3.72. The third-order valence-electron chi connectivity index (χ3n) is 5.87. The molecule has 0 spiro atoms. The summed E-state index contributed by atoms with van der Waals surface area (Å²) in [6.45, 7) is 2.54. The lowest BCUT2D eigenvalue weighted by Crippen LogP contribution is -2.47. The Bertz CT molecular complexity index is 254. The number of piperidine rings is 1. The predicted molar refractivity (Wildman–Crippen MR) is 81.3 cm³/mol. The quantitative estimate of drug-likeness (QED) is 0.794. The van der Waals surface area contributed by atoms with Gasteiger partial charge in [-0.3, -0.25) is 0 Å². The van der Waals surface area contributed by atoms with E-state index >= 15 is 0 Å². The summed E-state index contributed by atoms with van der Waals surface area (Å²) in [6.07, 6.45) is 16.0. The van der Waals surface area contributed by atoms with Gasteiger partial charge in [0.25, 0.3) is 0 Å². The fraction of sp³-hybridized carbons (Fsp3) is 1.00. The van der Waals surface area contributed by atoms with Gasteiger partial charge in [0.2, 0.25) is 0 Å². The smallest absolute Gasteiger partial charge is 0.0110 e. The van der Waals surface area contributed by atoms with Crippen LogP contribution >= 0.6 is 0 Å². The molecular weight excluding hydrogens is 232 g/mol. The number of nitrogens with one attached hydrogen (secondary N) is 2. The topological polar surface area (TPSA) is 24.1 Å². The summed E-state index contributed by atoms with van der Waals surface area (Å²) < 4.78 is 0. The predicted octanol–water partition coefficient (Wildman–Crippen LogP) is 3.47. The van der Waals surface area contributed by atoms with Gasteiger partial charge in [0.05, 0.1) is 0 Å². The number of rotatable bonds is 5. The summed E-state index contributed by atoms with van der Waals surface area (Å²) in [7, 11) is 0. The molecule has 3 atom stereocenters. The molecule has 1 aliphatic heterocycles. The second-order valence-electron chi connectivity index (χ2n) is 7.15. The van der Waals surface area contributed by atoms with Crippen LogP contribution in [0.25, 0.3) is 0 Å². The van der Waals surface area contributed by atoms with Crippen LogP contribution in [0.3, 0.4) is 0 Å². The second-order valence-corrected chi connectivity index (χ2v) is 7.15. The van der Waals surface area contributed by atoms with Gasteiger partial charge in [-0.15, -0.1) is 0 Å². The molecule has 2 heteroatoms. The van der Waals surface area contributed by atoms with Crippen molar-refractivity contribution in [1.29, 1.82) is 0 Å². The van der Waals surface area contributed by atoms with Crippen molar-refractivity contribution in [3.8, 4) is 0 Å². The minimum absolute atomic E-state index is 0.817. The SMILES string of the molecule is C1CCC(C2CCCC2NCCC2CCCC2)NC1. The lowest BCUT2D eigenvalue weighted by molar-refractivity contribution is 0.255. The summed E-state index contributed by atoms with van der Waals surface area (Å²) in [5, 5.41) is 7.70. The minimum Gasteiger partial charge on any atom is -0.314 e. The molecule has 0 amide bonds. The van der Waals surface area contributed by atoms with E-state index in [1.165, 1.54) is 83.7 Å². The molecular formula is C17H32N2. The maximum atomic E-state index is 3.92. The van der Waals surface area contributed by atoms with Gasteiger partial charge in [-0.25, -0.2) is 0 Å². The normalized spacial score (nSPS) is 36.9. The molecule has 19 heavy (non-hydrogen) atoms. The van der Waals surface area contributed by atoms with Gasteiger partial charge >= 0.3 is 0 Å². The monoisotopic (exact) mass is 264 g/mol. The first-order valence-corrected chi connectivity index (χ1v) is 8.90. The van der Waals surface area contributed by atoms with Gasteiger partial charge in [-0.05, 0) is 57.0 Å². The Balaban J connectivity index is 1.40. The molecule has 3 rings (SSSR count). The van der Waals surface area contributed by atoms with Crippen molar-refractivity contribution >= 4 is 0 Å². The Labute approximate surface area is 119 Å². The van der Waals surface area contributed by atoms with E-state index in [0.717, 1.165) is 23.9 Å². The molecule has 3 fully saturated rings. The molecule has 2 saturated carbocycles. The van der Waals surface area contributed by atoms with Crippen LogP contribution in [0.2, 0.25) is 0 Å². The average molecular weight is 264 g/mol. The van der Waals surface area contributed by atoms with Crippen LogP contribution in [0.5, 0.6) is 0 Å². The molecule has 0 aromatic rings. The minimum atomic E-state index is 0.817. The average Bonchev–Trinajstić information content (AvgIpc) is 3.11. The zero-order valence-corrected chi connectivity index (χ0v) is 12.5. The van der Waals surface area contributed by atoms with Crippen LogP contribution in [0.4, 0.5) is 0 Å². The van der Waals surface area contributed by atoms with Crippen LogP contribution in [-0.2, 0) is 0 Å². The van der Waals surface area contributed by atoms with E-state index < -0.39 is 0 Å². The molecule has 3 aliphatic rings. The highest BCUT2D eigenvalue weighted by Crippen LogP contribution is 2.32. The van der Waals surface area contributed by atoms with Gasteiger partial charge in [-0.1, -0.05) is 38.5 Å². The van der Waals surface area contributed by atoms with Gasteiger partial charge in [0.15, 0.2) is 0 Å². The highest BCUT2D eigenvalue weighted by molar-refractivity contribution is 4.92. The van der Waals surface area contributed by atoms with E-state index in [4.69, 9.17) is 0 Å². The molecule has 110 valence electrons. The van der Waals surface area contributed by atoms with Crippen LogP contribution in [-0.4, -0.2) is 25.2 Å². The molecule has 1 saturated heterocycles. The Morgan fingerprint density at radius 2 is 1.68 bits per heavy atom. The largest absolute Gasteiger partial charge is 0.314 e. The maximum absolute atomic E-state index is 3.92. The fourth-order valence-corrected chi connectivity index (χ4v) is 4.74. The lowest BCUT2D eigenvalue weighted by Gasteiger charge is -2.33. The molecule has 0 aromatic carbocycles. The summed E-state index contributed by atoms with van der Waals surface area (Å²) in [6, 6.07) is 1.64. The number of hydrogen-bond donors (Lipinski definition) is 2. The summed E-state index contributed by atoms with van der Waals surface area (Å²) in [5.41, 5.74) is 0. The zero-order valence-electron chi connectivity index (χ0n) is 12.5. The van der Waals surface area contributed by atoms with E-state index in [2.05, 4.69) is 10.6 Å². The molecule has 0 bridgehead atoms. The van der Waals surface area contributed by atoms with Crippen molar-refractivity contribution < 1.29 is 0 Å². The maximum Gasteiger partial charge on any atom is 0.0110 e. The standard InChI is InChI=1S/C17H32N2/c1-2-7-14(6-1)11-13-19-17-10-5-8-15(17)16-9-3-4-12-18-16/h14-19H,1-13H2.